The predicted octanol–water partition coefficient (Wildman–Crippen LogP) is 3.23. The molecule has 3 aromatic rings. The van der Waals surface area contributed by atoms with Crippen LogP contribution in [0.5, 0.6) is 0 Å². The zero-order valence-corrected chi connectivity index (χ0v) is 17.4. The number of morpholine rings is 1. The second-order valence-electron chi connectivity index (χ2n) is 6.97. The Kier molecular flexibility index (Phi) is 6.01. The summed E-state index contributed by atoms with van der Waals surface area (Å²) in [7, 11) is 0. The van der Waals surface area contributed by atoms with Crippen LogP contribution in [0.25, 0.3) is 11.4 Å². The SMILES string of the molecule is Cc1occc1-c1nnc(SC(C)C(=O)N2CCOCC2)n1Cc1ccccc1. The molecule has 0 bridgehead atoms. The lowest BCUT2D eigenvalue weighted by Crippen LogP contribution is -2.44. The maximum Gasteiger partial charge on any atom is 0.236 e. The lowest BCUT2D eigenvalue weighted by atomic mass is 10.2. The minimum Gasteiger partial charge on any atom is -0.469 e. The first kappa shape index (κ1) is 19.7. The highest BCUT2D eigenvalue weighted by Gasteiger charge is 2.26. The molecule has 1 amide bonds. The smallest absolute Gasteiger partial charge is 0.236 e. The van der Waals surface area contributed by atoms with Gasteiger partial charge in [-0.05, 0) is 25.5 Å². The summed E-state index contributed by atoms with van der Waals surface area (Å²) in [5, 5.41) is 9.31. The molecule has 8 heteroatoms. The van der Waals surface area contributed by atoms with E-state index in [4.69, 9.17) is 9.15 Å². The zero-order chi connectivity index (χ0) is 20.2. The van der Waals surface area contributed by atoms with Crippen LogP contribution in [-0.4, -0.2) is 57.1 Å². The Hall–Kier alpha value is -2.58. The van der Waals surface area contributed by atoms with Gasteiger partial charge < -0.3 is 14.1 Å². The molecule has 2 aromatic heterocycles. The fraction of sp³-hybridized carbons (Fsp3) is 0.381. The number of nitrogens with zero attached hydrogens (tertiary/aromatic N) is 4. The number of rotatable bonds is 6. The number of hydrogen-bond acceptors (Lipinski definition) is 6. The quantitative estimate of drug-likeness (QED) is 0.579. The van der Waals surface area contributed by atoms with Crippen LogP contribution >= 0.6 is 11.8 Å². The van der Waals surface area contributed by atoms with Crippen molar-refractivity contribution in [1.82, 2.24) is 19.7 Å². The van der Waals surface area contributed by atoms with Crippen molar-refractivity contribution in [2.75, 3.05) is 26.3 Å². The van der Waals surface area contributed by atoms with Gasteiger partial charge in [-0.1, -0.05) is 42.1 Å². The van der Waals surface area contributed by atoms with Crippen LogP contribution in [0.1, 0.15) is 18.2 Å². The van der Waals surface area contributed by atoms with Gasteiger partial charge in [-0.25, -0.2) is 0 Å². The third-order valence-electron chi connectivity index (χ3n) is 4.95. The average molecular weight is 413 g/mol. The Morgan fingerprint density at radius 3 is 2.62 bits per heavy atom. The number of ether oxygens (including phenoxy) is 1. The zero-order valence-electron chi connectivity index (χ0n) is 16.6. The number of carbonyl (C=O) groups excluding carboxylic acids is 1. The van der Waals surface area contributed by atoms with Crippen LogP contribution < -0.4 is 0 Å². The number of thioether (sulfide) groups is 1. The third-order valence-corrected chi connectivity index (χ3v) is 6.02. The molecule has 0 spiro atoms. The van der Waals surface area contributed by atoms with Gasteiger partial charge in [0.05, 0.1) is 36.8 Å². The number of carbonyl (C=O) groups is 1. The average Bonchev–Trinajstić information content (AvgIpc) is 3.34. The molecule has 1 aliphatic rings. The van der Waals surface area contributed by atoms with Gasteiger partial charge in [0, 0.05) is 13.1 Å². The maximum absolute atomic E-state index is 12.8. The first-order valence-electron chi connectivity index (χ1n) is 9.68. The Balaban J connectivity index is 1.61. The first-order valence-corrected chi connectivity index (χ1v) is 10.6. The fourth-order valence-electron chi connectivity index (χ4n) is 3.35. The summed E-state index contributed by atoms with van der Waals surface area (Å²) in [4.78, 5) is 14.7. The Morgan fingerprint density at radius 1 is 1.17 bits per heavy atom. The minimum atomic E-state index is -0.259. The Morgan fingerprint density at radius 2 is 1.93 bits per heavy atom. The molecule has 1 aliphatic heterocycles. The van der Waals surface area contributed by atoms with E-state index in [2.05, 4.69) is 26.9 Å². The van der Waals surface area contributed by atoms with Gasteiger partial charge in [-0.15, -0.1) is 10.2 Å². The van der Waals surface area contributed by atoms with Crippen molar-refractivity contribution in [2.24, 2.45) is 0 Å². The van der Waals surface area contributed by atoms with Crippen LogP contribution in [0.2, 0.25) is 0 Å². The second kappa shape index (κ2) is 8.84. The van der Waals surface area contributed by atoms with Crippen molar-refractivity contribution in [1.29, 1.82) is 0 Å². The summed E-state index contributed by atoms with van der Waals surface area (Å²) >= 11 is 1.44. The van der Waals surface area contributed by atoms with E-state index in [9.17, 15) is 4.79 Å². The summed E-state index contributed by atoms with van der Waals surface area (Å²) in [6, 6.07) is 12.1. The fourth-order valence-corrected chi connectivity index (χ4v) is 4.28. The van der Waals surface area contributed by atoms with E-state index in [1.165, 1.54) is 11.8 Å². The van der Waals surface area contributed by atoms with Gasteiger partial charge in [0.1, 0.15) is 5.76 Å². The third kappa shape index (κ3) is 4.38. The molecular formula is C21H24N4O3S. The van der Waals surface area contributed by atoms with E-state index in [1.54, 1.807) is 6.26 Å². The van der Waals surface area contributed by atoms with E-state index in [0.29, 0.717) is 32.8 Å². The van der Waals surface area contributed by atoms with Gasteiger partial charge >= 0.3 is 0 Å². The van der Waals surface area contributed by atoms with E-state index in [0.717, 1.165) is 27.9 Å². The van der Waals surface area contributed by atoms with Gasteiger partial charge in [0.2, 0.25) is 5.91 Å². The van der Waals surface area contributed by atoms with Gasteiger partial charge in [-0.2, -0.15) is 0 Å². The lowest BCUT2D eigenvalue weighted by Gasteiger charge is -2.28. The number of benzene rings is 1. The number of aromatic nitrogens is 3. The molecule has 29 heavy (non-hydrogen) atoms. The second-order valence-corrected chi connectivity index (χ2v) is 8.27. The predicted molar refractivity (Wildman–Crippen MR) is 111 cm³/mol. The van der Waals surface area contributed by atoms with Crippen molar-refractivity contribution >= 4 is 17.7 Å². The molecule has 1 atom stereocenters. The highest BCUT2D eigenvalue weighted by Crippen LogP contribution is 2.30. The van der Waals surface area contributed by atoms with E-state index in [1.807, 2.05) is 43.0 Å². The molecule has 7 nitrogen and oxygen atoms in total. The largest absolute Gasteiger partial charge is 0.469 e. The molecule has 0 saturated carbocycles. The van der Waals surface area contributed by atoms with Crippen molar-refractivity contribution in [3.63, 3.8) is 0 Å². The lowest BCUT2D eigenvalue weighted by molar-refractivity contribution is -0.134. The van der Waals surface area contributed by atoms with Crippen molar-refractivity contribution < 1.29 is 13.9 Å². The van der Waals surface area contributed by atoms with E-state index >= 15 is 0 Å². The van der Waals surface area contributed by atoms with Crippen LogP contribution in [0.4, 0.5) is 0 Å². The normalized spacial score (nSPS) is 15.4. The summed E-state index contributed by atoms with van der Waals surface area (Å²) in [5.41, 5.74) is 2.05. The van der Waals surface area contributed by atoms with Crippen LogP contribution in [0.3, 0.4) is 0 Å². The van der Waals surface area contributed by atoms with Crippen molar-refractivity contribution in [2.45, 2.75) is 30.8 Å². The standard InChI is InChI=1S/C21H24N4O3S/c1-15-18(8-11-28-15)19-22-23-21(25(19)14-17-6-4-3-5-7-17)29-16(2)20(26)24-9-12-27-13-10-24/h3-8,11,16H,9-10,12-14H2,1-2H3. The number of furan rings is 1. The van der Waals surface area contributed by atoms with Crippen molar-refractivity contribution in [3.05, 3.63) is 54.0 Å². The molecular weight excluding hydrogens is 388 g/mol. The summed E-state index contributed by atoms with van der Waals surface area (Å²) in [6.07, 6.45) is 1.66. The van der Waals surface area contributed by atoms with Gasteiger partial charge in [0.25, 0.3) is 0 Å². The molecule has 4 rings (SSSR count). The molecule has 0 N–H and O–H groups in total. The molecule has 0 radical (unpaired) electrons. The van der Waals surface area contributed by atoms with Crippen LogP contribution in [0, 0.1) is 6.92 Å². The molecule has 152 valence electrons. The monoisotopic (exact) mass is 412 g/mol. The molecule has 0 aliphatic carbocycles. The summed E-state index contributed by atoms with van der Waals surface area (Å²) < 4.78 is 12.9. The maximum atomic E-state index is 12.8. The van der Waals surface area contributed by atoms with Gasteiger partial charge in [-0.3, -0.25) is 9.36 Å². The van der Waals surface area contributed by atoms with Gasteiger partial charge in [0.15, 0.2) is 11.0 Å². The molecule has 1 saturated heterocycles. The van der Waals surface area contributed by atoms with Crippen LogP contribution in [0.15, 0.2) is 52.2 Å². The first-order chi connectivity index (χ1) is 14.1. The summed E-state index contributed by atoms with van der Waals surface area (Å²) in [6.45, 7) is 6.92. The molecule has 1 unspecified atom stereocenters. The number of amides is 1. The van der Waals surface area contributed by atoms with E-state index < -0.39 is 0 Å². The molecule has 3 heterocycles. The molecule has 1 fully saturated rings. The highest BCUT2D eigenvalue weighted by molar-refractivity contribution is 8.00. The summed E-state index contributed by atoms with van der Waals surface area (Å²) in [5.74, 6) is 1.64. The number of aryl methyl sites for hydroxylation is 1. The highest BCUT2D eigenvalue weighted by atomic mass is 32.2. The minimum absolute atomic E-state index is 0.105. The Bertz CT molecular complexity index is 963. The molecule has 1 aromatic carbocycles. The van der Waals surface area contributed by atoms with Crippen LogP contribution in [-0.2, 0) is 16.1 Å². The number of hydrogen-bond donors (Lipinski definition) is 0. The topological polar surface area (TPSA) is 73.4 Å². The Labute approximate surface area is 174 Å². The van der Waals surface area contributed by atoms with E-state index in [-0.39, 0.29) is 11.2 Å². The van der Waals surface area contributed by atoms with Crippen molar-refractivity contribution in [3.8, 4) is 11.4 Å².